The number of aliphatic hydroxyl groups excluding tert-OH is 1. The minimum Gasteiger partial charge on any atom is -0.462 e. The van der Waals surface area contributed by atoms with Crippen molar-refractivity contribution in [3.8, 4) is 0 Å². The Kier molecular flexibility index (Phi) is 79.2. The lowest BCUT2D eigenvalue weighted by atomic mass is 10.0. The van der Waals surface area contributed by atoms with Crippen LogP contribution >= 0.6 is 15.6 Å². The number of phosphoric acid groups is 2. The van der Waals surface area contributed by atoms with Crippen LogP contribution in [0.5, 0.6) is 0 Å². The first-order valence-corrected chi connectivity index (χ1v) is 48.6. The predicted molar refractivity (Wildman–Crippen MR) is 442 cm³/mol. The SMILES string of the molecule is CCCCCCCCCCCCCCCCCCCCCCCCC(=O)O[C@H](COC(=O)CCCCCCCCCCCCCCCCCCCCCCC)COP(=O)(O)OC[C@@H](O)COP(=O)(O)OC[C@@H](COC(=O)CCCCCCCCCCC)OC(=O)CCCCCCCCCCCCCCC(C)C. The van der Waals surface area contributed by atoms with Crippen LogP contribution in [-0.4, -0.2) is 96.7 Å². The molecule has 0 aliphatic heterocycles. The molecule has 0 saturated carbocycles. The Balaban J connectivity index is 5.19. The summed E-state index contributed by atoms with van der Waals surface area (Å²) in [5, 5.41) is 10.7. The van der Waals surface area contributed by atoms with Gasteiger partial charge in [0, 0.05) is 25.7 Å². The van der Waals surface area contributed by atoms with Crippen molar-refractivity contribution in [1.82, 2.24) is 0 Å². The largest absolute Gasteiger partial charge is 0.472 e. The molecule has 636 valence electrons. The maximum absolute atomic E-state index is 13.2. The van der Waals surface area contributed by atoms with E-state index in [1.807, 2.05) is 0 Å². The molecule has 0 saturated heterocycles. The van der Waals surface area contributed by atoms with E-state index in [9.17, 15) is 43.2 Å². The van der Waals surface area contributed by atoms with Crippen molar-refractivity contribution in [3.63, 3.8) is 0 Å². The van der Waals surface area contributed by atoms with Crippen LogP contribution < -0.4 is 0 Å². The number of carbonyl (C=O) groups excluding carboxylic acids is 4. The molecule has 19 heteroatoms. The third-order valence-electron chi connectivity index (χ3n) is 20.8. The Morgan fingerprint density at radius 1 is 0.252 bits per heavy atom. The van der Waals surface area contributed by atoms with Crippen molar-refractivity contribution in [2.24, 2.45) is 5.92 Å². The summed E-state index contributed by atoms with van der Waals surface area (Å²) in [6, 6.07) is 0. The zero-order chi connectivity index (χ0) is 78.3. The number of hydrogen-bond acceptors (Lipinski definition) is 15. The molecule has 0 fully saturated rings. The molecule has 0 bridgehead atoms. The van der Waals surface area contributed by atoms with Crippen LogP contribution in [0.4, 0.5) is 0 Å². The number of unbranched alkanes of at least 4 members (excludes halogenated alkanes) is 60. The van der Waals surface area contributed by atoms with E-state index in [-0.39, 0.29) is 25.7 Å². The van der Waals surface area contributed by atoms with Gasteiger partial charge in [0.1, 0.15) is 19.3 Å². The summed E-state index contributed by atoms with van der Waals surface area (Å²) in [6.07, 6.45) is 75.2. The van der Waals surface area contributed by atoms with Crippen LogP contribution in [0.1, 0.15) is 478 Å². The number of aliphatic hydroxyl groups is 1. The van der Waals surface area contributed by atoms with Crippen molar-refractivity contribution in [1.29, 1.82) is 0 Å². The molecule has 3 N–H and O–H groups in total. The fraction of sp³-hybridized carbons (Fsp3) is 0.955. The Morgan fingerprint density at radius 2 is 0.430 bits per heavy atom. The standard InChI is InChI=1S/C88H172O17P2/c1-6-9-12-15-18-21-23-25-27-29-31-33-35-37-39-41-43-48-53-58-63-68-73-87(92)105-84(78-99-86(91)72-67-62-57-52-47-42-40-38-36-34-32-30-28-26-24-22-19-16-13-10-7-2)80-103-107(96,97)101-76-82(89)75-100-106(94,95)102-79-83(77-98-85(90)71-66-61-56-50-20-17-14-11-8-3)104-88(93)74-69-64-59-54-49-45-44-46-51-55-60-65-70-81(4)5/h81-84,89H,6-80H2,1-5H3,(H,94,95)(H,96,97)/t82-,83+,84+/m0/s1. The fourth-order valence-corrected chi connectivity index (χ4v) is 15.4. The summed E-state index contributed by atoms with van der Waals surface area (Å²) in [5.74, 6) is -1.32. The average Bonchev–Trinajstić information content (AvgIpc) is 0.904. The molecule has 107 heavy (non-hydrogen) atoms. The van der Waals surface area contributed by atoms with E-state index in [4.69, 9.17) is 37.0 Å². The van der Waals surface area contributed by atoms with Crippen LogP contribution in [0.25, 0.3) is 0 Å². The summed E-state index contributed by atoms with van der Waals surface area (Å²) in [5.41, 5.74) is 0. The highest BCUT2D eigenvalue weighted by Crippen LogP contribution is 2.45. The molecule has 0 aromatic rings. The van der Waals surface area contributed by atoms with E-state index in [0.717, 1.165) is 95.8 Å². The molecule has 0 radical (unpaired) electrons. The van der Waals surface area contributed by atoms with Crippen LogP contribution in [-0.2, 0) is 65.4 Å². The fourth-order valence-electron chi connectivity index (χ4n) is 13.8. The Bertz CT molecular complexity index is 2030. The summed E-state index contributed by atoms with van der Waals surface area (Å²) < 4.78 is 68.9. The first-order chi connectivity index (χ1) is 52.0. The maximum Gasteiger partial charge on any atom is 0.472 e. The zero-order valence-corrected chi connectivity index (χ0v) is 72.1. The van der Waals surface area contributed by atoms with Gasteiger partial charge in [-0.3, -0.25) is 37.3 Å². The van der Waals surface area contributed by atoms with Crippen molar-refractivity contribution in [3.05, 3.63) is 0 Å². The topological polar surface area (TPSA) is 237 Å². The second kappa shape index (κ2) is 80.7. The third kappa shape index (κ3) is 81.9. The molecule has 0 heterocycles. The van der Waals surface area contributed by atoms with Gasteiger partial charge in [-0.15, -0.1) is 0 Å². The number of phosphoric ester groups is 2. The Morgan fingerprint density at radius 3 is 0.636 bits per heavy atom. The average molecular weight is 1560 g/mol. The molecule has 0 aromatic heterocycles. The highest BCUT2D eigenvalue weighted by molar-refractivity contribution is 7.47. The first-order valence-electron chi connectivity index (χ1n) is 45.6. The van der Waals surface area contributed by atoms with Crippen molar-refractivity contribution < 1.29 is 80.2 Å². The van der Waals surface area contributed by atoms with Gasteiger partial charge in [-0.05, 0) is 31.6 Å². The van der Waals surface area contributed by atoms with E-state index < -0.39 is 97.5 Å². The minimum atomic E-state index is -4.97. The van der Waals surface area contributed by atoms with Crippen molar-refractivity contribution in [2.75, 3.05) is 39.6 Å². The summed E-state index contributed by atoms with van der Waals surface area (Å²) >= 11 is 0. The van der Waals surface area contributed by atoms with Gasteiger partial charge in [0.15, 0.2) is 12.2 Å². The van der Waals surface area contributed by atoms with Gasteiger partial charge in [0.2, 0.25) is 0 Å². The van der Waals surface area contributed by atoms with Gasteiger partial charge in [-0.2, -0.15) is 0 Å². The third-order valence-corrected chi connectivity index (χ3v) is 22.7. The van der Waals surface area contributed by atoms with Crippen LogP contribution in [0.3, 0.4) is 0 Å². The lowest BCUT2D eigenvalue weighted by Crippen LogP contribution is -2.30. The van der Waals surface area contributed by atoms with Gasteiger partial charge in [-0.1, -0.05) is 426 Å². The van der Waals surface area contributed by atoms with E-state index >= 15 is 0 Å². The molecular weight excluding hydrogens is 1390 g/mol. The lowest BCUT2D eigenvalue weighted by molar-refractivity contribution is -0.161. The van der Waals surface area contributed by atoms with Crippen molar-refractivity contribution in [2.45, 2.75) is 496 Å². The highest BCUT2D eigenvalue weighted by Gasteiger charge is 2.30. The maximum atomic E-state index is 13.2. The number of rotatable bonds is 88. The van der Waals surface area contributed by atoms with Crippen LogP contribution in [0, 0.1) is 5.92 Å². The predicted octanol–water partition coefficient (Wildman–Crippen LogP) is 27.2. The number of hydrogen-bond donors (Lipinski definition) is 3. The summed E-state index contributed by atoms with van der Waals surface area (Å²) in [6.45, 7) is 7.36. The molecular formula is C88H172O17P2. The monoisotopic (exact) mass is 1560 g/mol. The van der Waals surface area contributed by atoms with Crippen molar-refractivity contribution >= 4 is 39.5 Å². The lowest BCUT2D eigenvalue weighted by Gasteiger charge is -2.21. The van der Waals surface area contributed by atoms with E-state index in [1.54, 1.807) is 0 Å². The second-order valence-corrected chi connectivity index (χ2v) is 35.0. The summed E-state index contributed by atoms with van der Waals surface area (Å²) in [4.78, 5) is 73.2. The van der Waals surface area contributed by atoms with Crippen LogP contribution in [0.15, 0.2) is 0 Å². The smallest absolute Gasteiger partial charge is 0.462 e. The van der Waals surface area contributed by atoms with Gasteiger partial charge < -0.3 is 33.8 Å². The molecule has 5 atom stereocenters. The first kappa shape index (κ1) is 105. The van der Waals surface area contributed by atoms with Gasteiger partial charge in [-0.25, -0.2) is 9.13 Å². The molecule has 2 unspecified atom stereocenters. The quantitative estimate of drug-likeness (QED) is 0.0222. The molecule has 17 nitrogen and oxygen atoms in total. The molecule has 0 rings (SSSR count). The normalized spacial score (nSPS) is 13.7. The van der Waals surface area contributed by atoms with E-state index in [2.05, 4.69) is 34.6 Å². The minimum absolute atomic E-state index is 0.107. The van der Waals surface area contributed by atoms with Crippen LogP contribution in [0.2, 0.25) is 0 Å². The number of carbonyl (C=O) groups is 4. The molecule has 0 aromatic carbocycles. The highest BCUT2D eigenvalue weighted by atomic mass is 31.2. The molecule has 0 amide bonds. The Labute approximate surface area is 658 Å². The number of ether oxygens (including phenoxy) is 4. The van der Waals surface area contributed by atoms with E-state index in [1.165, 1.54) is 302 Å². The number of esters is 4. The molecule has 0 aliphatic rings. The summed E-state index contributed by atoms with van der Waals surface area (Å²) in [7, 11) is -9.93. The molecule has 0 spiro atoms. The van der Waals surface area contributed by atoms with Gasteiger partial charge in [0.05, 0.1) is 26.4 Å². The zero-order valence-electron chi connectivity index (χ0n) is 70.3. The van der Waals surface area contributed by atoms with Gasteiger partial charge >= 0.3 is 39.5 Å². The Hall–Kier alpha value is -1.94. The van der Waals surface area contributed by atoms with E-state index in [0.29, 0.717) is 25.7 Å². The second-order valence-electron chi connectivity index (χ2n) is 32.1. The molecule has 0 aliphatic carbocycles. The van der Waals surface area contributed by atoms with Gasteiger partial charge in [0.25, 0.3) is 0 Å².